The summed E-state index contributed by atoms with van der Waals surface area (Å²) in [6, 6.07) is 5.17. The number of rotatable bonds is 3. The van der Waals surface area contributed by atoms with Gasteiger partial charge in [0.2, 0.25) is 11.8 Å². The first-order valence-corrected chi connectivity index (χ1v) is 6.43. The van der Waals surface area contributed by atoms with Crippen molar-refractivity contribution in [3.8, 4) is 5.75 Å². The molecule has 2 amide bonds. The van der Waals surface area contributed by atoms with Gasteiger partial charge in [0.25, 0.3) is 0 Å². The Kier molecular flexibility index (Phi) is 4.27. The zero-order chi connectivity index (χ0) is 13.8. The molecule has 1 aromatic rings. The van der Waals surface area contributed by atoms with Crippen LogP contribution < -0.4 is 15.0 Å². The second-order valence-electron chi connectivity index (χ2n) is 4.18. The van der Waals surface area contributed by atoms with Gasteiger partial charge in [0.05, 0.1) is 12.2 Å². The van der Waals surface area contributed by atoms with Gasteiger partial charge in [-0.15, -0.1) is 0 Å². The minimum absolute atomic E-state index is 0.101. The lowest BCUT2D eigenvalue weighted by atomic mass is 10.2. The summed E-state index contributed by atoms with van der Waals surface area (Å²) in [5.74, 6) is 0.396. The normalized spacial score (nSPS) is 13.5. The summed E-state index contributed by atoms with van der Waals surface area (Å²) in [7, 11) is 1.55. The van der Waals surface area contributed by atoms with Crippen molar-refractivity contribution in [1.82, 2.24) is 5.32 Å². The van der Waals surface area contributed by atoms with Crippen LogP contribution in [0.2, 0.25) is 5.02 Å². The number of carbonyl (C=O) groups excluding carboxylic acids is 2. The summed E-state index contributed by atoms with van der Waals surface area (Å²) >= 11 is 5.94. The molecule has 6 heteroatoms. The Balaban J connectivity index is 2.12. The number of hydrogen-bond acceptors (Lipinski definition) is 3. The van der Waals surface area contributed by atoms with Crippen LogP contribution in [-0.2, 0) is 9.59 Å². The van der Waals surface area contributed by atoms with Gasteiger partial charge >= 0.3 is 0 Å². The van der Waals surface area contributed by atoms with Crippen molar-refractivity contribution in [1.29, 1.82) is 0 Å². The first-order chi connectivity index (χ1) is 9.11. The average Bonchev–Trinajstić information content (AvgIpc) is 2.43. The zero-order valence-electron chi connectivity index (χ0n) is 10.6. The van der Waals surface area contributed by atoms with E-state index < -0.39 is 0 Å². The second kappa shape index (κ2) is 5.93. The van der Waals surface area contributed by atoms with Crippen LogP contribution in [-0.4, -0.2) is 32.0 Å². The number of hydrogen-bond donors (Lipinski definition) is 1. The third-order valence-corrected chi connectivity index (χ3v) is 3.17. The number of nitrogens with one attached hydrogen (secondary N) is 1. The number of halogens is 1. The number of ether oxygens (including phenoxy) is 1. The summed E-state index contributed by atoms with van der Waals surface area (Å²) in [6.07, 6.45) is 0.355. The molecule has 0 unspecified atom stereocenters. The quantitative estimate of drug-likeness (QED) is 0.916. The van der Waals surface area contributed by atoms with Crippen LogP contribution in [0, 0.1) is 0 Å². The fourth-order valence-electron chi connectivity index (χ4n) is 1.93. The van der Waals surface area contributed by atoms with Gasteiger partial charge in [0.15, 0.2) is 0 Å². The smallest absolute Gasteiger partial charge is 0.227 e. The van der Waals surface area contributed by atoms with E-state index in [1.807, 2.05) is 0 Å². The third-order valence-electron chi connectivity index (χ3n) is 2.93. The van der Waals surface area contributed by atoms with Crippen molar-refractivity contribution in [2.45, 2.75) is 12.8 Å². The molecule has 0 aromatic heterocycles. The highest BCUT2D eigenvalue weighted by Crippen LogP contribution is 2.34. The van der Waals surface area contributed by atoms with Gasteiger partial charge in [-0.1, -0.05) is 11.6 Å². The minimum atomic E-state index is -0.145. The molecule has 0 spiro atoms. The lowest BCUT2D eigenvalue weighted by molar-refractivity contribution is -0.125. The van der Waals surface area contributed by atoms with Gasteiger partial charge < -0.3 is 15.0 Å². The Labute approximate surface area is 116 Å². The van der Waals surface area contributed by atoms with Gasteiger partial charge in [-0.3, -0.25) is 9.59 Å². The third kappa shape index (κ3) is 3.17. The van der Waals surface area contributed by atoms with E-state index in [9.17, 15) is 9.59 Å². The monoisotopic (exact) mass is 282 g/mol. The number of fused-ring (bicyclic) bond motifs is 1. The highest BCUT2D eigenvalue weighted by Gasteiger charge is 2.24. The van der Waals surface area contributed by atoms with Crippen molar-refractivity contribution < 1.29 is 14.3 Å². The molecule has 0 radical (unpaired) electrons. The van der Waals surface area contributed by atoms with Crippen LogP contribution in [0.4, 0.5) is 5.69 Å². The number of anilines is 1. The maximum absolute atomic E-state index is 12.1. The molecule has 0 saturated heterocycles. The van der Waals surface area contributed by atoms with E-state index in [1.165, 1.54) is 0 Å². The molecule has 0 atom stereocenters. The Morgan fingerprint density at radius 1 is 1.42 bits per heavy atom. The van der Waals surface area contributed by atoms with Crippen molar-refractivity contribution in [2.24, 2.45) is 0 Å². The molecule has 1 aromatic carbocycles. The predicted octanol–water partition coefficient (Wildman–Crippen LogP) is 1.59. The molecule has 19 heavy (non-hydrogen) atoms. The summed E-state index contributed by atoms with van der Waals surface area (Å²) in [5.41, 5.74) is 0.667. The molecule has 1 heterocycles. The predicted molar refractivity (Wildman–Crippen MR) is 72.6 cm³/mol. The highest BCUT2D eigenvalue weighted by atomic mass is 35.5. The standard InChI is InChI=1S/C13H15ClN2O3/c1-15-12(17)4-5-13(18)16-6-7-19-11-3-2-9(14)8-10(11)16/h2-3,8H,4-7H2,1H3,(H,15,17). The lowest BCUT2D eigenvalue weighted by Crippen LogP contribution is -2.38. The van der Waals surface area contributed by atoms with E-state index in [0.29, 0.717) is 29.6 Å². The molecule has 0 fully saturated rings. The summed E-state index contributed by atoms with van der Waals surface area (Å²) in [4.78, 5) is 24.9. The molecule has 0 saturated carbocycles. The highest BCUT2D eigenvalue weighted by molar-refractivity contribution is 6.31. The van der Waals surface area contributed by atoms with Crippen LogP contribution >= 0.6 is 11.6 Å². The lowest BCUT2D eigenvalue weighted by Gasteiger charge is -2.29. The van der Waals surface area contributed by atoms with Crippen LogP contribution in [0.5, 0.6) is 5.75 Å². The number of carbonyl (C=O) groups is 2. The van der Waals surface area contributed by atoms with E-state index in [4.69, 9.17) is 16.3 Å². The van der Waals surface area contributed by atoms with E-state index >= 15 is 0 Å². The van der Waals surface area contributed by atoms with Crippen molar-refractivity contribution in [3.05, 3.63) is 23.2 Å². The fraction of sp³-hybridized carbons (Fsp3) is 0.385. The van der Waals surface area contributed by atoms with Gasteiger partial charge in [0.1, 0.15) is 12.4 Å². The van der Waals surface area contributed by atoms with Crippen LogP contribution in [0.25, 0.3) is 0 Å². The van der Waals surface area contributed by atoms with Gasteiger partial charge in [-0.05, 0) is 18.2 Å². The van der Waals surface area contributed by atoms with E-state index in [0.717, 1.165) is 0 Å². The van der Waals surface area contributed by atoms with E-state index in [-0.39, 0.29) is 24.7 Å². The van der Waals surface area contributed by atoms with Crippen LogP contribution in [0.15, 0.2) is 18.2 Å². The van der Waals surface area contributed by atoms with Crippen molar-refractivity contribution in [3.63, 3.8) is 0 Å². The van der Waals surface area contributed by atoms with Crippen LogP contribution in [0.1, 0.15) is 12.8 Å². The Hall–Kier alpha value is -1.75. The zero-order valence-corrected chi connectivity index (χ0v) is 11.4. The maximum atomic E-state index is 12.1. The molecule has 1 aliphatic rings. The largest absolute Gasteiger partial charge is 0.490 e. The molecular weight excluding hydrogens is 268 g/mol. The molecule has 102 valence electrons. The first kappa shape index (κ1) is 13.7. The van der Waals surface area contributed by atoms with Gasteiger partial charge in [-0.25, -0.2) is 0 Å². The Bertz CT molecular complexity index is 505. The second-order valence-corrected chi connectivity index (χ2v) is 4.62. The van der Waals surface area contributed by atoms with E-state index in [2.05, 4.69) is 5.32 Å². The number of benzene rings is 1. The fourth-order valence-corrected chi connectivity index (χ4v) is 2.10. The molecule has 0 aliphatic carbocycles. The Morgan fingerprint density at radius 2 is 2.21 bits per heavy atom. The average molecular weight is 283 g/mol. The first-order valence-electron chi connectivity index (χ1n) is 6.05. The van der Waals surface area contributed by atoms with E-state index in [1.54, 1.807) is 30.1 Å². The molecular formula is C13H15ClN2O3. The topological polar surface area (TPSA) is 58.6 Å². The molecule has 5 nitrogen and oxygen atoms in total. The number of nitrogens with zero attached hydrogens (tertiary/aromatic N) is 1. The minimum Gasteiger partial charge on any atom is -0.490 e. The van der Waals surface area contributed by atoms with Crippen molar-refractivity contribution >= 4 is 29.1 Å². The molecule has 1 N–H and O–H groups in total. The Morgan fingerprint density at radius 3 is 2.95 bits per heavy atom. The molecule has 2 rings (SSSR count). The molecule has 0 bridgehead atoms. The number of amides is 2. The van der Waals surface area contributed by atoms with Crippen LogP contribution in [0.3, 0.4) is 0 Å². The van der Waals surface area contributed by atoms with Crippen molar-refractivity contribution in [2.75, 3.05) is 25.1 Å². The summed E-state index contributed by atoms with van der Waals surface area (Å²) in [5, 5.41) is 3.05. The van der Waals surface area contributed by atoms with Gasteiger partial charge in [0, 0.05) is 24.9 Å². The summed E-state index contributed by atoms with van der Waals surface area (Å²) in [6.45, 7) is 0.917. The summed E-state index contributed by atoms with van der Waals surface area (Å²) < 4.78 is 5.47. The maximum Gasteiger partial charge on any atom is 0.227 e. The molecule has 1 aliphatic heterocycles. The SMILES string of the molecule is CNC(=O)CCC(=O)N1CCOc2ccc(Cl)cc21. The van der Waals surface area contributed by atoms with Gasteiger partial charge in [-0.2, -0.15) is 0 Å².